The normalized spacial score (nSPS) is 11.3. The number of carbonyl (C=O) groups excluding carboxylic acids is 1. The molecule has 0 unspecified atom stereocenters. The molecule has 0 spiro atoms. The zero-order valence-electron chi connectivity index (χ0n) is 9.25. The highest BCUT2D eigenvalue weighted by atomic mass is 19.1. The molecule has 0 saturated carbocycles. The molecular formula is C12H10FN3O2. The number of carbonyl (C=O) groups is 1. The number of halogens is 1. The van der Waals surface area contributed by atoms with Crippen molar-refractivity contribution in [2.45, 2.75) is 0 Å². The highest BCUT2D eigenvalue weighted by Gasteiger charge is 2.00. The van der Waals surface area contributed by atoms with Crippen LogP contribution in [0.5, 0.6) is 0 Å². The Hall–Kier alpha value is -2.63. The number of aromatic nitrogens is 1. The van der Waals surface area contributed by atoms with E-state index in [1.807, 2.05) is 0 Å². The molecule has 2 rings (SSSR count). The minimum Gasteiger partial charge on any atom is -0.427 e. The molecule has 2 N–H and O–H groups in total. The summed E-state index contributed by atoms with van der Waals surface area (Å²) in [5.41, 5.74) is 0.516. The first kappa shape index (κ1) is 11.8. The third-order valence-electron chi connectivity index (χ3n) is 2.13. The average molecular weight is 247 g/mol. The maximum absolute atomic E-state index is 12.7. The number of rotatable bonds is 1. The third kappa shape index (κ3) is 2.94. The van der Waals surface area contributed by atoms with Crippen LogP contribution in [0.3, 0.4) is 0 Å². The van der Waals surface area contributed by atoms with Crippen molar-refractivity contribution in [3.05, 3.63) is 60.0 Å². The molecular weight excluding hydrogens is 237 g/mol. The van der Waals surface area contributed by atoms with Gasteiger partial charge in [0, 0.05) is 11.9 Å². The fourth-order valence-electron chi connectivity index (χ4n) is 1.30. The van der Waals surface area contributed by atoms with Crippen LogP contribution in [0.2, 0.25) is 0 Å². The summed E-state index contributed by atoms with van der Waals surface area (Å²) in [6.45, 7) is 0. The van der Waals surface area contributed by atoms with Gasteiger partial charge in [-0.1, -0.05) is 6.07 Å². The van der Waals surface area contributed by atoms with Crippen LogP contribution in [-0.2, 0) is 0 Å². The number of nitrogens with zero attached hydrogens (tertiary/aromatic N) is 2. The standard InChI is InChI=1S/C12H10FN3O2/c13-9-4-6-10(7-5-9)14-12(17)15-11-3-1-2-8-16(11)18/h1-8,18H,(H,14,17)/b15-11+. The molecule has 0 aliphatic heterocycles. The van der Waals surface area contributed by atoms with Gasteiger partial charge in [-0.2, -0.15) is 9.72 Å². The lowest BCUT2D eigenvalue weighted by Gasteiger charge is -2.01. The van der Waals surface area contributed by atoms with Crippen molar-refractivity contribution in [3.63, 3.8) is 0 Å². The fourth-order valence-corrected chi connectivity index (χ4v) is 1.30. The molecule has 5 nitrogen and oxygen atoms in total. The molecule has 1 aromatic carbocycles. The molecule has 18 heavy (non-hydrogen) atoms. The van der Waals surface area contributed by atoms with Crippen LogP contribution >= 0.6 is 0 Å². The van der Waals surface area contributed by atoms with Gasteiger partial charge in [-0.3, -0.25) is 0 Å². The van der Waals surface area contributed by atoms with Gasteiger partial charge >= 0.3 is 6.03 Å². The van der Waals surface area contributed by atoms with Gasteiger partial charge in [-0.25, -0.2) is 9.18 Å². The van der Waals surface area contributed by atoms with Crippen LogP contribution in [0, 0.1) is 5.82 Å². The summed E-state index contributed by atoms with van der Waals surface area (Å²) in [5, 5.41) is 11.8. The third-order valence-corrected chi connectivity index (χ3v) is 2.13. The van der Waals surface area contributed by atoms with E-state index in [-0.39, 0.29) is 11.3 Å². The molecule has 2 amide bonds. The van der Waals surface area contributed by atoms with Crippen LogP contribution in [0.1, 0.15) is 0 Å². The van der Waals surface area contributed by atoms with E-state index in [1.54, 1.807) is 12.1 Å². The maximum atomic E-state index is 12.7. The smallest absolute Gasteiger partial charge is 0.347 e. The Bertz CT molecular complexity index is 620. The summed E-state index contributed by atoms with van der Waals surface area (Å²) in [7, 11) is 0. The first-order valence-electron chi connectivity index (χ1n) is 5.13. The molecule has 2 aromatic rings. The van der Waals surface area contributed by atoms with E-state index in [1.165, 1.54) is 36.5 Å². The Morgan fingerprint density at radius 2 is 1.94 bits per heavy atom. The first-order valence-corrected chi connectivity index (χ1v) is 5.13. The number of pyridine rings is 1. The zero-order chi connectivity index (χ0) is 13.0. The average Bonchev–Trinajstić information content (AvgIpc) is 2.35. The number of hydrogen-bond donors (Lipinski definition) is 2. The van der Waals surface area contributed by atoms with Crippen molar-refractivity contribution in [1.29, 1.82) is 0 Å². The second kappa shape index (κ2) is 5.13. The second-order valence-electron chi connectivity index (χ2n) is 3.45. The van der Waals surface area contributed by atoms with E-state index in [9.17, 15) is 14.4 Å². The second-order valence-corrected chi connectivity index (χ2v) is 3.45. The maximum Gasteiger partial charge on any atom is 0.347 e. The van der Waals surface area contributed by atoms with Gasteiger partial charge in [0.1, 0.15) is 5.82 Å². The predicted octanol–water partition coefficient (Wildman–Crippen LogP) is 2.00. The van der Waals surface area contributed by atoms with E-state index >= 15 is 0 Å². The fraction of sp³-hybridized carbons (Fsp3) is 0. The molecule has 0 saturated heterocycles. The van der Waals surface area contributed by atoms with Crippen molar-refractivity contribution in [3.8, 4) is 0 Å². The van der Waals surface area contributed by atoms with Crippen LogP contribution in [0.15, 0.2) is 53.7 Å². The molecule has 0 bridgehead atoms. The van der Waals surface area contributed by atoms with Crippen molar-refractivity contribution in [1.82, 2.24) is 4.73 Å². The van der Waals surface area contributed by atoms with Crippen LogP contribution < -0.4 is 10.8 Å². The van der Waals surface area contributed by atoms with Gasteiger partial charge in [0.05, 0.1) is 0 Å². The molecule has 0 radical (unpaired) electrons. The number of nitrogens with one attached hydrogen (secondary N) is 1. The molecule has 6 heteroatoms. The van der Waals surface area contributed by atoms with Gasteiger partial charge in [0.15, 0.2) is 5.49 Å². The molecule has 0 aliphatic rings. The highest BCUT2D eigenvalue weighted by molar-refractivity contribution is 5.89. The number of benzene rings is 1. The summed E-state index contributed by atoms with van der Waals surface area (Å²) >= 11 is 0. The van der Waals surface area contributed by atoms with Crippen molar-refractivity contribution < 1.29 is 14.4 Å². The van der Waals surface area contributed by atoms with Gasteiger partial charge in [0.2, 0.25) is 0 Å². The molecule has 0 fully saturated rings. The number of urea groups is 1. The van der Waals surface area contributed by atoms with Crippen molar-refractivity contribution in [2.24, 2.45) is 4.99 Å². The van der Waals surface area contributed by atoms with E-state index in [2.05, 4.69) is 10.3 Å². The van der Waals surface area contributed by atoms with Crippen LogP contribution in [0.4, 0.5) is 14.9 Å². The number of amides is 2. The Morgan fingerprint density at radius 3 is 2.61 bits per heavy atom. The van der Waals surface area contributed by atoms with E-state index in [4.69, 9.17) is 0 Å². The van der Waals surface area contributed by atoms with Gasteiger partial charge in [-0.05, 0) is 36.4 Å². The lowest BCUT2D eigenvalue weighted by Crippen LogP contribution is -2.21. The number of hydrogen-bond acceptors (Lipinski definition) is 2. The Morgan fingerprint density at radius 1 is 1.22 bits per heavy atom. The van der Waals surface area contributed by atoms with E-state index in [0.29, 0.717) is 5.69 Å². The van der Waals surface area contributed by atoms with Crippen LogP contribution in [-0.4, -0.2) is 16.0 Å². The monoisotopic (exact) mass is 247 g/mol. The first-order chi connectivity index (χ1) is 8.65. The minimum absolute atomic E-state index is 0.0945. The van der Waals surface area contributed by atoms with Gasteiger partial charge in [-0.15, -0.1) is 0 Å². The summed E-state index contributed by atoms with van der Waals surface area (Å²) in [6, 6.07) is 9.34. The molecule has 0 aliphatic carbocycles. The Balaban J connectivity index is 2.17. The largest absolute Gasteiger partial charge is 0.427 e. The molecule has 1 aromatic heterocycles. The van der Waals surface area contributed by atoms with E-state index in [0.717, 1.165) is 4.73 Å². The minimum atomic E-state index is -0.657. The number of anilines is 1. The predicted molar refractivity (Wildman–Crippen MR) is 62.6 cm³/mol. The highest BCUT2D eigenvalue weighted by Crippen LogP contribution is 2.08. The lowest BCUT2D eigenvalue weighted by molar-refractivity contribution is 0.171. The summed E-state index contributed by atoms with van der Waals surface area (Å²) in [5.74, 6) is -0.388. The van der Waals surface area contributed by atoms with Crippen LogP contribution in [0.25, 0.3) is 0 Å². The van der Waals surface area contributed by atoms with Crippen molar-refractivity contribution in [2.75, 3.05) is 5.32 Å². The van der Waals surface area contributed by atoms with E-state index < -0.39 is 6.03 Å². The summed E-state index contributed by atoms with van der Waals surface area (Å²) < 4.78 is 13.4. The summed E-state index contributed by atoms with van der Waals surface area (Å²) in [6.07, 6.45) is 1.35. The quantitative estimate of drug-likeness (QED) is 0.757. The summed E-state index contributed by atoms with van der Waals surface area (Å²) in [4.78, 5) is 15.2. The Labute approximate surface area is 102 Å². The molecule has 92 valence electrons. The topological polar surface area (TPSA) is 66.6 Å². The zero-order valence-corrected chi connectivity index (χ0v) is 9.25. The molecule has 0 atom stereocenters. The van der Waals surface area contributed by atoms with Gasteiger partial charge < -0.3 is 10.5 Å². The van der Waals surface area contributed by atoms with Crippen molar-refractivity contribution >= 4 is 11.7 Å². The SMILES string of the molecule is O=C(/N=c1\ccccn1O)Nc1ccc(F)cc1. The Kier molecular flexibility index (Phi) is 3.38. The van der Waals surface area contributed by atoms with Gasteiger partial charge in [0.25, 0.3) is 0 Å². The lowest BCUT2D eigenvalue weighted by atomic mass is 10.3. The molecule has 1 heterocycles.